The van der Waals surface area contributed by atoms with Gasteiger partial charge in [0.1, 0.15) is 5.56 Å². The number of nitrogens with zero attached hydrogens (tertiary/aromatic N) is 1. The van der Waals surface area contributed by atoms with E-state index < -0.39 is 11.6 Å². The molecule has 0 atom stereocenters. The number of phenols is 1. The molecule has 0 spiro atoms. The summed E-state index contributed by atoms with van der Waals surface area (Å²) in [6, 6.07) is 2.36. The lowest BCUT2D eigenvalue weighted by molar-refractivity contribution is 0.343. The van der Waals surface area contributed by atoms with Crippen LogP contribution in [0.2, 0.25) is 0 Å². The predicted molar refractivity (Wildman–Crippen MR) is 61.1 cm³/mol. The normalized spacial score (nSPS) is 10.4. The largest absolute Gasteiger partial charge is 0.504 e. The van der Waals surface area contributed by atoms with Crippen molar-refractivity contribution in [3.8, 4) is 28.6 Å². The maximum absolute atomic E-state index is 13.6. The molecule has 0 radical (unpaired) electrons. The fourth-order valence-corrected chi connectivity index (χ4v) is 1.59. The van der Waals surface area contributed by atoms with Crippen molar-refractivity contribution in [3.05, 3.63) is 17.9 Å². The second-order valence-electron chi connectivity index (χ2n) is 3.43. The molecule has 96 valence electrons. The Morgan fingerprint density at radius 3 is 2.56 bits per heavy atom. The van der Waals surface area contributed by atoms with Crippen molar-refractivity contribution in [3.63, 3.8) is 0 Å². The number of phenolic OH excluding ortho intramolecular Hbond substituents is 1. The van der Waals surface area contributed by atoms with Crippen molar-refractivity contribution < 1.29 is 23.5 Å². The van der Waals surface area contributed by atoms with Crippen molar-refractivity contribution in [1.82, 2.24) is 5.16 Å². The first-order chi connectivity index (χ1) is 8.58. The highest BCUT2D eigenvalue weighted by Crippen LogP contribution is 2.45. The lowest BCUT2D eigenvalue weighted by Gasteiger charge is -2.12. The summed E-state index contributed by atoms with van der Waals surface area (Å²) in [5.74, 6) is -1.04. The number of nitrogens with two attached hydrogens (primary N) is 1. The molecule has 1 aromatic carbocycles. The van der Waals surface area contributed by atoms with Crippen molar-refractivity contribution in [2.45, 2.75) is 0 Å². The number of hydrogen-bond donors (Lipinski definition) is 2. The minimum absolute atomic E-state index is 0.00134. The first-order valence-electron chi connectivity index (χ1n) is 4.94. The summed E-state index contributed by atoms with van der Waals surface area (Å²) in [5.41, 5.74) is 5.41. The van der Waals surface area contributed by atoms with E-state index in [1.165, 1.54) is 20.3 Å². The third-order valence-corrected chi connectivity index (χ3v) is 2.37. The predicted octanol–water partition coefficient (Wildman–Crippen LogP) is 1.79. The van der Waals surface area contributed by atoms with Crippen molar-refractivity contribution in [2.24, 2.45) is 0 Å². The molecule has 0 aliphatic heterocycles. The number of nitrogen functional groups attached to an aromatic ring is 1. The summed E-state index contributed by atoms with van der Waals surface area (Å²) in [5, 5.41) is 13.2. The van der Waals surface area contributed by atoms with E-state index in [-0.39, 0.29) is 28.6 Å². The van der Waals surface area contributed by atoms with E-state index >= 15 is 0 Å². The van der Waals surface area contributed by atoms with Crippen LogP contribution in [-0.4, -0.2) is 24.5 Å². The van der Waals surface area contributed by atoms with Gasteiger partial charge in [-0.25, -0.2) is 4.39 Å². The highest BCUT2D eigenvalue weighted by Gasteiger charge is 2.23. The Labute approximate surface area is 102 Å². The zero-order valence-electron chi connectivity index (χ0n) is 9.73. The molecule has 6 nitrogen and oxygen atoms in total. The summed E-state index contributed by atoms with van der Waals surface area (Å²) < 4.78 is 28.5. The number of halogens is 1. The van der Waals surface area contributed by atoms with Gasteiger partial charge in [-0.15, -0.1) is 0 Å². The van der Waals surface area contributed by atoms with Crippen molar-refractivity contribution >= 4 is 5.82 Å². The Kier molecular flexibility index (Phi) is 2.97. The molecular weight excluding hydrogens is 243 g/mol. The number of rotatable bonds is 3. The Morgan fingerprint density at radius 1 is 1.33 bits per heavy atom. The molecule has 0 bridgehead atoms. The lowest BCUT2D eigenvalue weighted by Crippen LogP contribution is -1.95. The summed E-state index contributed by atoms with van der Waals surface area (Å²) in [7, 11) is 2.71. The zero-order chi connectivity index (χ0) is 13.3. The summed E-state index contributed by atoms with van der Waals surface area (Å²) in [6.45, 7) is 0. The highest BCUT2D eigenvalue weighted by molar-refractivity contribution is 5.77. The summed E-state index contributed by atoms with van der Waals surface area (Å²) >= 11 is 0. The second-order valence-corrected chi connectivity index (χ2v) is 3.43. The first kappa shape index (κ1) is 12.0. The average molecular weight is 254 g/mol. The number of benzene rings is 1. The van der Waals surface area contributed by atoms with Gasteiger partial charge in [-0.05, 0) is 0 Å². The van der Waals surface area contributed by atoms with Crippen LogP contribution in [0.5, 0.6) is 17.2 Å². The summed E-state index contributed by atoms with van der Waals surface area (Å²) in [4.78, 5) is 0. The van der Waals surface area contributed by atoms with E-state index in [4.69, 9.17) is 19.7 Å². The molecule has 1 heterocycles. The number of anilines is 1. The number of aromatic nitrogens is 1. The average Bonchev–Trinajstić information content (AvgIpc) is 2.78. The van der Waals surface area contributed by atoms with Crippen LogP contribution in [0.4, 0.5) is 10.2 Å². The SMILES string of the molecule is COc1cc(F)c(O)c(-c2cc(N)no2)c1OC. The van der Waals surface area contributed by atoms with E-state index in [1.807, 2.05) is 0 Å². The van der Waals surface area contributed by atoms with E-state index in [1.54, 1.807) is 0 Å². The minimum Gasteiger partial charge on any atom is -0.504 e. The molecule has 1 aromatic heterocycles. The fourth-order valence-electron chi connectivity index (χ4n) is 1.59. The van der Waals surface area contributed by atoms with Crippen LogP contribution < -0.4 is 15.2 Å². The number of methoxy groups -OCH3 is 2. The number of aromatic hydroxyl groups is 1. The molecule has 0 saturated heterocycles. The van der Waals surface area contributed by atoms with Gasteiger partial charge in [0.2, 0.25) is 0 Å². The molecule has 7 heteroatoms. The van der Waals surface area contributed by atoms with Gasteiger partial charge in [-0.1, -0.05) is 5.16 Å². The van der Waals surface area contributed by atoms with E-state index in [2.05, 4.69) is 5.16 Å². The molecule has 3 N–H and O–H groups in total. The molecule has 0 aliphatic carbocycles. The second kappa shape index (κ2) is 4.44. The standard InChI is InChI=1S/C11H11FN2O4/c1-16-7-3-5(12)10(15)9(11(7)17-2)6-4-8(13)14-18-6/h3-4,15H,1-2H3,(H2,13,14). The minimum atomic E-state index is -0.863. The quantitative estimate of drug-likeness (QED) is 0.867. The molecule has 2 rings (SSSR count). The van der Waals surface area contributed by atoms with Crippen molar-refractivity contribution in [1.29, 1.82) is 0 Å². The van der Waals surface area contributed by atoms with Crippen LogP contribution in [0, 0.1) is 5.82 Å². The van der Waals surface area contributed by atoms with Crippen LogP contribution in [-0.2, 0) is 0 Å². The molecule has 0 fully saturated rings. The van der Waals surface area contributed by atoms with Gasteiger partial charge in [0.15, 0.2) is 34.6 Å². The monoisotopic (exact) mass is 254 g/mol. The van der Waals surface area contributed by atoms with Gasteiger partial charge < -0.3 is 24.8 Å². The van der Waals surface area contributed by atoms with Crippen LogP contribution in [0.1, 0.15) is 0 Å². The molecule has 18 heavy (non-hydrogen) atoms. The molecule has 2 aromatic rings. The molecule has 0 amide bonds. The Bertz CT molecular complexity index is 583. The Balaban J connectivity index is 2.74. The van der Waals surface area contributed by atoms with Crippen LogP contribution >= 0.6 is 0 Å². The molecular formula is C11H11FN2O4. The van der Waals surface area contributed by atoms with E-state index in [9.17, 15) is 9.50 Å². The van der Waals surface area contributed by atoms with Gasteiger partial charge in [-0.3, -0.25) is 0 Å². The van der Waals surface area contributed by atoms with E-state index in [0.717, 1.165) is 6.07 Å². The number of hydrogen-bond acceptors (Lipinski definition) is 6. The van der Waals surface area contributed by atoms with Crippen LogP contribution in [0.15, 0.2) is 16.7 Å². The maximum Gasteiger partial charge on any atom is 0.176 e. The number of ether oxygens (including phenoxy) is 2. The fraction of sp³-hybridized carbons (Fsp3) is 0.182. The lowest BCUT2D eigenvalue weighted by atomic mass is 10.1. The Morgan fingerprint density at radius 2 is 2.06 bits per heavy atom. The third kappa shape index (κ3) is 1.79. The molecule has 0 unspecified atom stereocenters. The topological polar surface area (TPSA) is 90.7 Å². The molecule has 0 aliphatic rings. The Hall–Kier alpha value is -2.44. The van der Waals surface area contributed by atoms with Gasteiger partial charge in [-0.2, -0.15) is 0 Å². The highest BCUT2D eigenvalue weighted by atomic mass is 19.1. The van der Waals surface area contributed by atoms with Crippen LogP contribution in [0.3, 0.4) is 0 Å². The summed E-state index contributed by atoms with van der Waals surface area (Å²) in [6.07, 6.45) is 0. The smallest absolute Gasteiger partial charge is 0.176 e. The van der Waals surface area contributed by atoms with Crippen molar-refractivity contribution in [2.75, 3.05) is 20.0 Å². The zero-order valence-corrected chi connectivity index (χ0v) is 9.73. The van der Waals surface area contributed by atoms with E-state index in [0.29, 0.717) is 0 Å². The van der Waals surface area contributed by atoms with Gasteiger partial charge in [0.05, 0.1) is 14.2 Å². The molecule has 0 saturated carbocycles. The van der Waals surface area contributed by atoms with Gasteiger partial charge in [0, 0.05) is 12.1 Å². The third-order valence-electron chi connectivity index (χ3n) is 2.37. The maximum atomic E-state index is 13.6. The van der Waals surface area contributed by atoms with Crippen LogP contribution in [0.25, 0.3) is 11.3 Å². The first-order valence-corrected chi connectivity index (χ1v) is 4.94. The van der Waals surface area contributed by atoms with Gasteiger partial charge in [0.25, 0.3) is 0 Å². The van der Waals surface area contributed by atoms with Gasteiger partial charge >= 0.3 is 0 Å².